The number of carbonyl (C=O) groups is 1. The van der Waals surface area contributed by atoms with Crippen molar-refractivity contribution in [2.45, 2.75) is 13.0 Å². The third-order valence-electron chi connectivity index (χ3n) is 2.70. The van der Waals surface area contributed by atoms with E-state index in [1.165, 1.54) is 0 Å². The van der Waals surface area contributed by atoms with Gasteiger partial charge in [0.15, 0.2) is 0 Å². The quantitative estimate of drug-likeness (QED) is 0.624. The summed E-state index contributed by atoms with van der Waals surface area (Å²) in [5, 5.41) is 8.87. The number of pyridine rings is 1. The van der Waals surface area contributed by atoms with E-state index in [9.17, 15) is 4.79 Å². The molecule has 0 saturated carbocycles. The highest BCUT2D eigenvalue weighted by Crippen LogP contribution is 2.17. The summed E-state index contributed by atoms with van der Waals surface area (Å²) >= 11 is 3.27. The van der Waals surface area contributed by atoms with Gasteiger partial charge in [-0.2, -0.15) is 5.26 Å². The molecule has 0 fully saturated rings. The number of carbonyl (C=O) groups excluding carboxylic acids is 1. The van der Waals surface area contributed by atoms with E-state index in [4.69, 9.17) is 10.00 Å². The standard InChI is InChI=1S/C15H11BrN2O2/c16-14-2-1-3-15(18-14)20-10-13-5-4-11(9-17)8-12(13)6-7-19/h1-5,7-8H,6,10H2. The maximum atomic E-state index is 10.7. The van der Waals surface area contributed by atoms with Crippen LogP contribution in [0.2, 0.25) is 0 Å². The fraction of sp³-hybridized carbons (Fsp3) is 0.133. The molecule has 4 nitrogen and oxygen atoms in total. The minimum atomic E-state index is 0.264. The molecule has 0 aliphatic rings. The lowest BCUT2D eigenvalue weighted by Gasteiger charge is -2.09. The van der Waals surface area contributed by atoms with Crippen LogP contribution in [0, 0.1) is 11.3 Å². The minimum absolute atomic E-state index is 0.264. The zero-order valence-corrected chi connectivity index (χ0v) is 12.1. The van der Waals surface area contributed by atoms with Crippen molar-refractivity contribution in [3.63, 3.8) is 0 Å². The molecule has 0 N–H and O–H groups in total. The number of hydrogen-bond donors (Lipinski definition) is 0. The molecule has 20 heavy (non-hydrogen) atoms. The number of aldehydes is 1. The van der Waals surface area contributed by atoms with Crippen LogP contribution in [-0.2, 0) is 17.8 Å². The van der Waals surface area contributed by atoms with E-state index >= 15 is 0 Å². The maximum Gasteiger partial charge on any atom is 0.214 e. The zero-order valence-electron chi connectivity index (χ0n) is 10.5. The van der Waals surface area contributed by atoms with Gasteiger partial charge in [0.2, 0.25) is 5.88 Å². The van der Waals surface area contributed by atoms with Gasteiger partial charge in [-0.3, -0.25) is 0 Å². The van der Waals surface area contributed by atoms with E-state index in [1.54, 1.807) is 24.3 Å². The van der Waals surface area contributed by atoms with Crippen LogP contribution >= 0.6 is 15.9 Å². The summed E-state index contributed by atoms with van der Waals surface area (Å²) < 4.78 is 6.29. The summed E-state index contributed by atoms with van der Waals surface area (Å²) in [7, 11) is 0. The lowest BCUT2D eigenvalue weighted by atomic mass is 10.0. The second-order valence-electron chi connectivity index (χ2n) is 4.05. The van der Waals surface area contributed by atoms with Crippen LogP contribution in [0.1, 0.15) is 16.7 Å². The number of ether oxygens (including phenoxy) is 1. The van der Waals surface area contributed by atoms with Crippen molar-refractivity contribution in [1.82, 2.24) is 4.98 Å². The molecule has 0 unspecified atom stereocenters. The van der Waals surface area contributed by atoms with Gasteiger partial charge in [0.05, 0.1) is 11.6 Å². The molecule has 0 aliphatic carbocycles. The van der Waals surface area contributed by atoms with Gasteiger partial charge in [-0.1, -0.05) is 12.1 Å². The van der Waals surface area contributed by atoms with Crippen LogP contribution < -0.4 is 4.74 Å². The van der Waals surface area contributed by atoms with Gasteiger partial charge in [0.25, 0.3) is 0 Å². The molecule has 0 saturated heterocycles. The Balaban J connectivity index is 2.16. The van der Waals surface area contributed by atoms with Gasteiger partial charge in [-0.15, -0.1) is 0 Å². The van der Waals surface area contributed by atoms with Gasteiger partial charge in [0, 0.05) is 12.5 Å². The molecule has 1 aromatic carbocycles. The first-order valence-electron chi connectivity index (χ1n) is 5.94. The summed E-state index contributed by atoms with van der Waals surface area (Å²) in [5.41, 5.74) is 2.21. The average Bonchev–Trinajstić information content (AvgIpc) is 2.46. The number of halogens is 1. The van der Waals surface area contributed by atoms with Crippen molar-refractivity contribution < 1.29 is 9.53 Å². The van der Waals surface area contributed by atoms with Gasteiger partial charge in [0.1, 0.15) is 17.5 Å². The number of aromatic nitrogens is 1. The fourth-order valence-electron chi connectivity index (χ4n) is 1.74. The zero-order chi connectivity index (χ0) is 14.4. The molecule has 0 atom stereocenters. The second-order valence-corrected chi connectivity index (χ2v) is 4.87. The Morgan fingerprint density at radius 1 is 1.30 bits per heavy atom. The molecule has 1 heterocycles. The lowest BCUT2D eigenvalue weighted by Crippen LogP contribution is -2.02. The first-order valence-corrected chi connectivity index (χ1v) is 6.73. The average molecular weight is 331 g/mol. The highest BCUT2D eigenvalue weighted by molar-refractivity contribution is 9.10. The van der Waals surface area contributed by atoms with Crippen molar-refractivity contribution in [3.8, 4) is 11.9 Å². The van der Waals surface area contributed by atoms with E-state index < -0.39 is 0 Å². The maximum absolute atomic E-state index is 10.7. The molecule has 100 valence electrons. The number of nitrogens with zero attached hydrogens (tertiary/aromatic N) is 2. The topological polar surface area (TPSA) is 63.0 Å². The van der Waals surface area contributed by atoms with Crippen molar-refractivity contribution >= 4 is 22.2 Å². The fourth-order valence-corrected chi connectivity index (χ4v) is 2.07. The summed E-state index contributed by atoms with van der Waals surface area (Å²) in [6.45, 7) is 0.304. The molecule has 0 spiro atoms. The molecule has 0 aliphatic heterocycles. The molecule has 0 bridgehead atoms. The highest BCUT2D eigenvalue weighted by atomic mass is 79.9. The predicted octanol–water partition coefficient (Wildman–Crippen LogP) is 3.04. The van der Waals surface area contributed by atoms with Gasteiger partial charge < -0.3 is 9.53 Å². The third-order valence-corrected chi connectivity index (χ3v) is 3.15. The lowest BCUT2D eigenvalue weighted by molar-refractivity contribution is -0.107. The first kappa shape index (κ1) is 14.2. The van der Waals surface area contributed by atoms with E-state index in [0.29, 0.717) is 22.7 Å². The van der Waals surface area contributed by atoms with Gasteiger partial charge >= 0.3 is 0 Å². The van der Waals surface area contributed by atoms with Crippen molar-refractivity contribution in [2.75, 3.05) is 0 Å². The molecular weight excluding hydrogens is 320 g/mol. The highest BCUT2D eigenvalue weighted by Gasteiger charge is 2.06. The first-order chi connectivity index (χ1) is 9.72. The van der Waals surface area contributed by atoms with E-state index in [2.05, 4.69) is 27.0 Å². The monoisotopic (exact) mass is 330 g/mol. The summed E-state index contributed by atoms with van der Waals surface area (Å²) in [4.78, 5) is 14.9. The number of benzene rings is 1. The molecule has 2 aromatic rings. The Morgan fingerprint density at radius 3 is 2.85 bits per heavy atom. The van der Waals surface area contributed by atoms with E-state index in [1.807, 2.05) is 12.1 Å². The molecule has 1 aromatic heterocycles. The predicted molar refractivity (Wildman–Crippen MR) is 77.2 cm³/mol. The Bertz CT molecular complexity index is 665. The van der Waals surface area contributed by atoms with Gasteiger partial charge in [-0.25, -0.2) is 4.98 Å². The minimum Gasteiger partial charge on any atom is -0.473 e. The Morgan fingerprint density at radius 2 is 2.15 bits per heavy atom. The van der Waals surface area contributed by atoms with Crippen molar-refractivity contribution in [2.24, 2.45) is 0 Å². The Kier molecular flexibility index (Phi) is 4.85. The van der Waals surface area contributed by atoms with Crippen molar-refractivity contribution in [1.29, 1.82) is 5.26 Å². The SMILES string of the molecule is N#Cc1ccc(COc2cccc(Br)n2)c(CC=O)c1. The van der Waals surface area contributed by atoms with E-state index in [0.717, 1.165) is 17.4 Å². The molecular formula is C15H11BrN2O2. The number of rotatable bonds is 5. The molecule has 5 heteroatoms. The Hall–Kier alpha value is -2.19. The normalized spacial score (nSPS) is 9.80. The summed E-state index contributed by atoms with van der Waals surface area (Å²) in [5.74, 6) is 0.501. The smallest absolute Gasteiger partial charge is 0.214 e. The summed E-state index contributed by atoms with van der Waals surface area (Å²) in [6.07, 6.45) is 1.08. The number of hydrogen-bond acceptors (Lipinski definition) is 4. The van der Waals surface area contributed by atoms with Crippen LogP contribution in [0.15, 0.2) is 41.0 Å². The van der Waals surface area contributed by atoms with Crippen LogP contribution in [0.25, 0.3) is 0 Å². The van der Waals surface area contributed by atoms with E-state index in [-0.39, 0.29) is 6.42 Å². The molecule has 0 radical (unpaired) electrons. The van der Waals surface area contributed by atoms with Crippen LogP contribution in [0.4, 0.5) is 0 Å². The summed E-state index contributed by atoms with van der Waals surface area (Å²) in [6, 6.07) is 12.7. The van der Waals surface area contributed by atoms with Crippen LogP contribution in [-0.4, -0.2) is 11.3 Å². The third kappa shape index (κ3) is 3.65. The largest absolute Gasteiger partial charge is 0.473 e. The number of nitriles is 1. The van der Waals surface area contributed by atoms with Crippen molar-refractivity contribution in [3.05, 3.63) is 57.7 Å². The second kappa shape index (κ2) is 6.83. The van der Waals surface area contributed by atoms with Crippen LogP contribution in [0.5, 0.6) is 5.88 Å². The molecule has 0 amide bonds. The van der Waals surface area contributed by atoms with Gasteiger partial charge in [-0.05, 0) is 45.3 Å². The molecule has 2 rings (SSSR count). The van der Waals surface area contributed by atoms with Crippen LogP contribution in [0.3, 0.4) is 0 Å². The Labute approximate surface area is 125 Å².